The molecule has 2 aromatic carbocycles. The van der Waals surface area contributed by atoms with Gasteiger partial charge in [0.15, 0.2) is 0 Å². The van der Waals surface area contributed by atoms with Crippen molar-refractivity contribution in [3.63, 3.8) is 0 Å². The van der Waals surface area contributed by atoms with Crippen molar-refractivity contribution in [1.82, 2.24) is 10.6 Å². The Labute approximate surface area is 206 Å². The Bertz CT molecular complexity index is 1020. The largest absolute Gasteiger partial charge is 0.480 e. The molecule has 2 aliphatic rings. The summed E-state index contributed by atoms with van der Waals surface area (Å²) in [7, 11) is 0. The molecule has 2 aliphatic carbocycles. The number of carboxylic acids is 1. The molecule has 1 saturated carbocycles. The van der Waals surface area contributed by atoms with Gasteiger partial charge in [0.25, 0.3) is 0 Å². The van der Waals surface area contributed by atoms with Gasteiger partial charge in [0.1, 0.15) is 12.6 Å². The van der Waals surface area contributed by atoms with Crippen molar-refractivity contribution in [3.8, 4) is 11.1 Å². The second-order valence-electron chi connectivity index (χ2n) is 9.55. The van der Waals surface area contributed by atoms with Gasteiger partial charge in [0.05, 0.1) is 0 Å². The zero-order chi connectivity index (χ0) is 24.8. The standard InChI is InChI=1S/C28H34N2O5/c1-2-3-15-25(27(32)33)30-26(31)19-14-8-9-18(19)16-29-28(34)35-17-24-22-12-6-4-10-20(22)21-11-5-7-13-23(21)24/h4-7,10-13,18-19,24-25H,2-3,8-9,14-17H2,1H3,(H,29,34)(H,30,31)(H,32,33)/t18-,19-,25?/m1/s1. The zero-order valence-corrected chi connectivity index (χ0v) is 20.2. The van der Waals surface area contributed by atoms with Crippen LogP contribution in [0.15, 0.2) is 48.5 Å². The topological polar surface area (TPSA) is 105 Å². The van der Waals surface area contributed by atoms with E-state index < -0.39 is 18.1 Å². The highest BCUT2D eigenvalue weighted by Gasteiger charge is 2.35. The van der Waals surface area contributed by atoms with Gasteiger partial charge in [-0.2, -0.15) is 0 Å². The summed E-state index contributed by atoms with van der Waals surface area (Å²) < 4.78 is 5.61. The molecule has 4 rings (SSSR count). The molecule has 2 aromatic rings. The Kier molecular flexibility index (Phi) is 8.06. The van der Waals surface area contributed by atoms with Crippen LogP contribution in [0.3, 0.4) is 0 Å². The molecular formula is C28H34N2O5. The van der Waals surface area contributed by atoms with Crippen LogP contribution in [0.2, 0.25) is 0 Å². The zero-order valence-electron chi connectivity index (χ0n) is 20.2. The Hall–Kier alpha value is -3.35. The highest BCUT2D eigenvalue weighted by atomic mass is 16.5. The van der Waals surface area contributed by atoms with Crippen molar-refractivity contribution in [2.75, 3.05) is 13.2 Å². The summed E-state index contributed by atoms with van der Waals surface area (Å²) in [5.74, 6) is -1.57. The van der Waals surface area contributed by atoms with E-state index in [0.29, 0.717) is 19.4 Å². The van der Waals surface area contributed by atoms with E-state index in [1.807, 2.05) is 31.2 Å². The maximum atomic E-state index is 12.8. The van der Waals surface area contributed by atoms with Gasteiger partial charge >= 0.3 is 12.1 Å². The number of rotatable bonds is 10. The Morgan fingerprint density at radius 3 is 2.31 bits per heavy atom. The molecule has 1 unspecified atom stereocenters. The first-order valence-electron chi connectivity index (χ1n) is 12.6. The fourth-order valence-electron chi connectivity index (χ4n) is 5.43. The van der Waals surface area contributed by atoms with Gasteiger partial charge in [0.2, 0.25) is 5.91 Å². The van der Waals surface area contributed by atoms with Crippen molar-refractivity contribution in [1.29, 1.82) is 0 Å². The Morgan fingerprint density at radius 1 is 1.03 bits per heavy atom. The van der Waals surface area contributed by atoms with Crippen LogP contribution in [0.5, 0.6) is 0 Å². The van der Waals surface area contributed by atoms with Crippen LogP contribution in [0.4, 0.5) is 4.79 Å². The lowest BCUT2D eigenvalue weighted by molar-refractivity contribution is -0.142. The third kappa shape index (κ3) is 5.66. The van der Waals surface area contributed by atoms with E-state index in [9.17, 15) is 19.5 Å². The third-order valence-electron chi connectivity index (χ3n) is 7.31. The quantitative estimate of drug-likeness (QED) is 0.459. The fourth-order valence-corrected chi connectivity index (χ4v) is 5.43. The predicted octanol–water partition coefficient (Wildman–Crippen LogP) is 4.70. The van der Waals surface area contributed by atoms with Gasteiger partial charge in [-0.25, -0.2) is 9.59 Å². The number of hydrogen-bond acceptors (Lipinski definition) is 4. The summed E-state index contributed by atoms with van der Waals surface area (Å²) in [6, 6.07) is 15.5. The average Bonchev–Trinajstić information content (AvgIpc) is 3.46. The number of carboxylic acid groups (broad SMARTS) is 1. The van der Waals surface area contributed by atoms with Crippen molar-refractivity contribution >= 4 is 18.0 Å². The number of carbonyl (C=O) groups is 3. The number of alkyl carbamates (subject to hydrolysis) is 1. The van der Waals surface area contributed by atoms with E-state index in [1.165, 1.54) is 11.1 Å². The first kappa shape index (κ1) is 24.8. The molecule has 3 atom stereocenters. The summed E-state index contributed by atoms with van der Waals surface area (Å²) in [5.41, 5.74) is 4.67. The molecule has 0 heterocycles. The van der Waals surface area contributed by atoms with Gasteiger partial charge in [0, 0.05) is 18.4 Å². The molecule has 0 spiro atoms. The van der Waals surface area contributed by atoms with Crippen LogP contribution in [-0.2, 0) is 14.3 Å². The normalized spacial score (nSPS) is 19.5. The van der Waals surface area contributed by atoms with E-state index in [1.54, 1.807) is 0 Å². The number of aliphatic carboxylic acids is 1. The van der Waals surface area contributed by atoms with Crippen molar-refractivity contribution in [2.24, 2.45) is 11.8 Å². The number of fused-ring (bicyclic) bond motifs is 3. The number of nitrogens with one attached hydrogen (secondary N) is 2. The molecule has 0 radical (unpaired) electrons. The molecule has 7 nitrogen and oxygen atoms in total. The lowest BCUT2D eigenvalue weighted by atomic mass is 9.94. The smallest absolute Gasteiger partial charge is 0.407 e. The summed E-state index contributed by atoms with van der Waals surface area (Å²) >= 11 is 0. The number of amides is 2. The van der Waals surface area contributed by atoms with E-state index >= 15 is 0 Å². The third-order valence-corrected chi connectivity index (χ3v) is 7.31. The summed E-state index contributed by atoms with van der Waals surface area (Å²) in [6.07, 6.45) is 3.93. The fraction of sp³-hybridized carbons (Fsp3) is 0.464. The van der Waals surface area contributed by atoms with E-state index in [4.69, 9.17) is 4.74 Å². The number of carbonyl (C=O) groups excluding carboxylic acids is 2. The van der Waals surface area contributed by atoms with Crippen molar-refractivity contribution in [3.05, 3.63) is 59.7 Å². The van der Waals surface area contributed by atoms with Crippen LogP contribution < -0.4 is 10.6 Å². The number of benzene rings is 2. The lowest BCUT2D eigenvalue weighted by Gasteiger charge is -2.22. The monoisotopic (exact) mass is 478 g/mol. The van der Waals surface area contributed by atoms with Crippen molar-refractivity contribution < 1.29 is 24.2 Å². The molecule has 0 saturated heterocycles. The lowest BCUT2D eigenvalue weighted by Crippen LogP contribution is -2.45. The molecule has 7 heteroatoms. The van der Waals surface area contributed by atoms with Gasteiger partial charge < -0.3 is 20.5 Å². The van der Waals surface area contributed by atoms with Crippen LogP contribution in [0.25, 0.3) is 11.1 Å². The highest BCUT2D eigenvalue weighted by molar-refractivity contribution is 5.85. The minimum atomic E-state index is -1.00. The van der Waals surface area contributed by atoms with Crippen LogP contribution >= 0.6 is 0 Å². The molecule has 0 bridgehead atoms. The molecule has 0 aliphatic heterocycles. The average molecular weight is 479 g/mol. The Balaban J connectivity index is 1.29. The SMILES string of the molecule is CCCCC(NC(=O)[C@@H]1CCC[C@@H]1CNC(=O)OCC1c2ccccc2-c2ccccc21)C(=O)O. The van der Waals surface area contributed by atoms with Crippen LogP contribution in [0, 0.1) is 11.8 Å². The number of ether oxygens (including phenoxy) is 1. The van der Waals surface area contributed by atoms with Crippen molar-refractivity contribution in [2.45, 2.75) is 57.4 Å². The molecule has 186 valence electrons. The number of hydrogen-bond donors (Lipinski definition) is 3. The van der Waals surface area contributed by atoms with Crippen LogP contribution in [0.1, 0.15) is 62.5 Å². The van der Waals surface area contributed by atoms with E-state index in [2.05, 4.69) is 34.9 Å². The Morgan fingerprint density at radius 2 is 1.69 bits per heavy atom. The summed E-state index contributed by atoms with van der Waals surface area (Å²) in [4.78, 5) is 36.8. The summed E-state index contributed by atoms with van der Waals surface area (Å²) in [6.45, 7) is 2.57. The molecule has 0 aromatic heterocycles. The van der Waals surface area contributed by atoms with Gasteiger partial charge in [-0.15, -0.1) is 0 Å². The second kappa shape index (κ2) is 11.4. The number of unbranched alkanes of at least 4 members (excludes halogenated alkanes) is 1. The maximum Gasteiger partial charge on any atom is 0.407 e. The van der Waals surface area contributed by atoms with Crippen LogP contribution in [-0.4, -0.2) is 42.3 Å². The molecular weight excluding hydrogens is 444 g/mol. The molecule has 3 N–H and O–H groups in total. The molecule has 35 heavy (non-hydrogen) atoms. The minimum Gasteiger partial charge on any atom is -0.480 e. The van der Waals surface area contributed by atoms with E-state index in [0.717, 1.165) is 36.8 Å². The first-order chi connectivity index (χ1) is 17.0. The summed E-state index contributed by atoms with van der Waals surface area (Å²) in [5, 5.41) is 15.0. The molecule has 1 fully saturated rings. The van der Waals surface area contributed by atoms with Gasteiger partial charge in [-0.05, 0) is 47.4 Å². The van der Waals surface area contributed by atoms with E-state index in [-0.39, 0.29) is 30.3 Å². The second-order valence-corrected chi connectivity index (χ2v) is 9.55. The minimum absolute atomic E-state index is 0.00534. The maximum absolute atomic E-state index is 12.8. The van der Waals surface area contributed by atoms with Gasteiger partial charge in [-0.1, -0.05) is 74.7 Å². The molecule has 2 amide bonds. The highest BCUT2D eigenvalue weighted by Crippen LogP contribution is 2.44. The van der Waals surface area contributed by atoms with Gasteiger partial charge in [-0.3, -0.25) is 4.79 Å². The first-order valence-corrected chi connectivity index (χ1v) is 12.6. The predicted molar refractivity (Wildman–Crippen MR) is 133 cm³/mol.